The van der Waals surface area contributed by atoms with Crippen LogP contribution in [0.1, 0.15) is 30.5 Å². The molecule has 37 heavy (non-hydrogen) atoms. The lowest BCUT2D eigenvalue weighted by Gasteiger charge is -2.32. The normalized spacial score (nSPS) is 11.8. The molecule has 1 unspecified atom stereocenters. The molecule has 4 nitrogen and oxygen atoms in total. The third kappa shape index (κ3) is 8.77. The summed E-state index contributed by atoms with van der Waals surface area (Å²) in [6.45, 7) is 4.71. The van der Waals surface area contributed by atoms with E-state index in [0.29, 0.717) is 28.6 Å². The first-order valence-corrected chi connectivity index (χ1v) is 14.0. The zero-order valence-corrected chi connectivity index (χ0v) is 23.3. The Bertz CT molecular complexity index is 1170. The molecule has 8 heteroatoms. The van der Waals surface area contributed by atoms with Gasteiger partial charge in [-0.3, -0.25) is 9.59 Å². The number of thioether (sulfide) groups is 1. The number of halogens is 3. The maximum Gasteiger partial charge on any atom is 0.243 e. The SMILES string of the molecule is CC(C)CNC(=O)C(Cc1ccccc1)N(Cc1ccccc1Cl)C(=O)CSCc1c(F)cccc1Cl. The lowest BCUT2D eigenvalue weighted by atomic mass is 10.0. The molecule has 0 aromatic heterocycles. The van der Waals surface area contributed by atoms with Gasteiger partial charge in [0.05, 0.1) is 5.75 Å². The smallest absolute Gasteiger partial charge is 0.243 e. The summed E-state index contributed by atoms with van der Waals surface area (Å²) in [6.07, 6.45) is 0.352. The molecule has 0 fully saturated rings. The number of nitrogens with zero attached hydrogens (tertiary/aromatic N) is 1. The maximum absolute atomic E-state index is 14.2. The molecule has 0 saturated heterocycles. The highest BCUT2D eigenvalue weighted by Gasteiger charge is 2.30. The molecule has 0 spiro atoms. The average Bonchev–Trinajstić information content (AvgIpc) is 2.88. The maximum atomic E-state index is 14.2. The van der Waals surface area contributed by atoms with E-state index in [4.69, 9.17) is 23.2 Å². The van der Waals surface area contributed by atoms with Crippen molar-refractivity contribution in [1.29, 1.82) is 0 Å². The van der Waals surface area contributed by atoms with E-state index in [1.807, 2.05) is 62.4 Å². The van der Waals surface area contributed by atoms with Gasteiger partial charge in [0.15, 0.2) is 0 Å². The standard InChI is InChI=1S/C29H31Cl2FN2O2S/c1-20(2)16-33-29(36)27(15-21-9-4-3-5-10-21)34(17-22-11-6-7-12-24(22)30)28(35)19-37-18-23-25(31)13-8-14-26(23)32/h3-14,20,27H,15-19H2,1-2H3,(H,33,36). The van der Waals surface area contributed by atoms with E-state index < -0.39 is 11.9 Å². The topological polar surface area (TPSA) is 49.4 Å². The van der Waals surface area contributed by atoms with Gasteiger partial charge in [0.25, 0.3) is 0 Å². The van der Waals surface area contributed by atoms with E-state index in [1.54, 1.807) is 23.1 Å². The van der Waals surface area contributed by atoms with Crippen LogP contribution in [0.25, 0.3) is 0 Å². The number of benzene rings is 3. The quantitative estimate of drug-likeness (QED) is 0.265. The van der Waals surface area contributed by atoms with E-state index in [-0.39, 0.29) is 35.8 Å². The van der Waals surface area contributed by atoms with Gasteiger partial charge < -0.3 is 10.2 Å². The predicted octanol–water partition coefficient (Wildman–Crippen LogP) is 6.78. The van der Waals surface area contributed by atoms with Gasteiger partial charge in [0.1, 0.15) is 11.9 Å². The van der Waals surface area contributed by atoms with Crippen molar-refractivity contribution in [1.82, 2.24) is 10.2 Å². The summed E-state index contributed by atoms with van der Waals surface area (Å²) >= 11 is 13.9. The Morgan fingerprint density at radius 3 is 2.30 bits per heavy atom. The molecule has 1 atom stereocenters. The molecular weight excluding hydrogens is 530 g/mol. The Kier molecular flexibility index (Phi) is 11.3. The van der Waals surface area contributed by atoms with Gasteiger partial charge in [0, 0.05) is 40.9 Å². The fraction of sp³-hybridized carbons (Fsp3) is 0.310. The molecule has 0 aliphatic heterocycles. The minimum Gasteiger partial charge on any atom is -0.354 e. The molecule has 1 N–H and O–H groups in total. The third-order valence-electron chi connectivity index (χ3n) is 5.79. The summed E-state index contributed by atoms with van der Waals surface area (Å²) in [5.41, 5.74) is 2.04. The third-order valence-corrected chi connectivity index (χ3v) is 7.45. The Hall–Kier alpha value is -2.54. The van der Waals surface area contributed by atoms with E-state index in [1.165, 1.54) is 17.8 Å². The molecule has 0 aliphatic carbocycles. The van der Waals surface area contributed by atoms with E-state index in [0.717, 1.165) is 11.1 Å². The highest BCUT2D eigenvalue weighted by molar-refractivity contribution is 7.99. The summed E-state index contributed by atoms with van der Waals surface area (Å²) in [7, 11) is 0. The van der Waals surface area contributed by atoms with Gasteiger partial charge in [-0.25, -0.2) is 4.39 Å². The summed E-state index contributed by atoms with van der Waals surface area (Å²) in [6, 6.07) is 20.7. The van der Waals surface area contributed by atoms with Crippen LogP contribution < -0.4 is 5.32 Å². The van der Waals surface area contributed by atoms with E-state index >= 15 is 0 Å². The summed E-state index contributed by atoms with van der Waals surface area (Å²) in [4.78, 5) is 28.7. The van der Waals surface area contributed by atoms with Crippen LogP contribution in [0.2, 0.25) is 10.0 Å². The van der Waals surface area contributed by atoms with Gasteiger partial charge in [-0.15, -0.1) is 11.8 Å². The molecule has 0 radical (unpaired) electrons. The number of rotatable bonds is 12. The second kappa shape index (κ2) is 14.4. The van der Waals surface area contributed by atoms with Gasteiger partial charge in [0.2, 0.25) is 11.8 Å². The minimum absolute atomic E-state index is 0.0534. The highest BCUT2D eigenvalue weighted by atomic mass is 35.5. The molecule has 3 rings (SSSR count). The first-order valence-electron chi connectivity index (χ1n) is 12.1. The van der Waals surface area contributed by atoms with E-state index in [9.17, 15) is 14.0 Å². The van der Waals surface area contributed by atoms with Crippen molar-refractivity contribution in [3.05, 3.63) is 105 Å². The fourth-order valence-electron chi connectivity index (χ4n) is 3.78. The van der Waals surface area contributed by atoms with E-state index in [2.05, 4.69) is 5.32 Å². The van der Waals surface area contributed by atoms with Crippen molar-refractivity contribution in [2.75, 3.05) is 12.3 Å². The summed E-state index contributed by atoms with van der Waals surface area (Å²) in [5.74, 6) is -0.318. The molecule has 0 bridgehead atoms. The molecular formula is C29H31Cl2FN2O2S. The second-order valence-corrected chi connectivity index (χ2v) is 11.0. The monoisotopic (exact) mass is 560 g/mol. The lowest BCUT2D eigenvalue weighted by Crippen LogP contribution is -2.51. The van der Waals surface area contributed by atoms with Gasteiger partial charge in [-0.2, -0.15) is 0 Å². The number of carbonyl (C=O) groups excluding carboxylic acids is 2. The Morgan fingerprint density at radius 1 is 0.946 bits per heavy atom. The first kappa shape index (κ1) is 29.0. The first-order chi connectivity index (χ1) is 17.8. The van der Waals surface area contributed by atoms with Gasteiger partial charge >= 0.3 is 0 Å². The molecule has 0 saturated carbocycles. The number of amides is 2. The summed E-state index contributed by atoms with van der Waals surface area (Å²) < 4.78 is 14.2. The Labute approximate surface area is 232 Å². The second-order valence-electron chi connectivity index (χ2n) is 9.15. The molecule has 3 aromatic carbocycles. The van der Waals surface area contributed by atoms with Gasteiger partial charge in [-0.1, -0.05) is 91.6 Å². The van der Waals surface area contributed by atoms with Crippen LogP contribution in [-0.4, -0.2) is 35.1 Å². The van der Waals surface area contributed by atoms with Crippen LogP contribution >= 0.6 is 35.0 Å². The van der Waals surface area contributed by atoms with Crippen LogP contribution in [0, 0.1) is 11.7 Å². The van der Waals surface area contributed by atoms with Crippen LogP contribution in [0.3, 0.4) is 0 Å². The number of carbonyl (C=O) groups is 2. The minimum atomic E-state index is -0.748. The van der Waals surface area contributed by atoms with Crippen LogP contribution in [-0.2, 0) is 28.3 Å². The lowest BCUT2D eigenvalue weighted by molar-refractivity contribution is -0.139. The largest absolute Gasteiger partial charge is 0.354 e. The van der Waals surface area contributed by atoms with Crippen LogP contribution in [0.15, 0.2) is 72.8 Å². The van der Waals surface area contributed by atoms with Crippen molar-refractivity contribution >= 4 is 46.8 Å². The van der Waals surface area contributed by atoms with Crippen molar-refractivity contribution in [3.63, 3.8) is 0 Å². The zero-order valence-electron chi connectivity index (χ0n) is 20.9. The Morgan fingerprint density at radius 2 is 1.62 bits per heavy atom. The van der Waals surface area contributed by atoms with Crippen LogP contribution in [0.4, 0.5) is 4.39 Å². The van der Waals surface area contributed by atoms with Crippen molar-refractivity contribution in [2.24, 2.45) is 5.92 Å². The molecule has 2 amide bonds. The van der Waals surface area contributed by atoms with Crippen molar-refractivity contribution < 1.29 is 14.0 Å². The van der Waals surface area contributed by atoms with Crippen LogP contribution in [0.5, 0.6) is 0 Å². The fourth-order valence-corrected chi connectivity index (χ4v) is 5.22. The van der Waals surface area contributed by atoms with Gasteiger partial charge in [-0.05, 0) is 35.2 Å². The highest BCUT2D eigenvalue weighted by Crippen LogP contribution is 2.25. The molecule has 196 valence electrons. The molecule has 0 aliphatic rings. The Balaban J connectivity index is 1.87. The van der Waals surface area contributed by atoms with Crippen molar-refractivity contribution in [2.45, 2.75) is 38.6 Å². The average molecular weight is 562 g/mol. The predicted molar refractivity (Wildman–Crippen MR) is 151 cm³/mol. The molecule has 0 heterocycles. The zero-order chi connectivity index (χ0) is 26.8. The number of nitrogens with one attached hydrogen (secondary N) is 1. The number of hydrogen-bond donors (Lipinski definition) is 1. The number of hydrogen-bond acceptors (Lipinski definition) is 3. The summed E-state index contributed by atoms with van der Waals surface area (Å²) in [5, 5.41) is 3.84. The van der Waals surface area contributed by atoms with Crippen molar-refractivity contribution in [3.8, 4) is 0 Å². The molecule has 3 aromatic rings.